The molecule has 1 aromatic rings. The van der Waals surface area contributed by atoms with Crippen LogP contribution in [0.25, 0.3) is 0 Å². The van der Waals surface area contributed by atoms with Gasteiger partial charge in [-0.2, -0.15) is 0 Å². The second kappa shape index (κ2) is 5.30. The van der Waals surface area contributed by atoms with Gasteiger partial charge in [-0.05, 0) is 37.5 Å². The van der Waals surface area contributed by atoms with Crippen LogP contribution in [0.1, 0.15) is 28.8 Å². The molecule has 2 rings (SSSR count). The molecule has 102 valence electrons. The van der Waals surface area contributed by atoms with Crippen LogP contribution in [-0.4, -0.2) is 35.0 Å². The number of carboxylic acid groups (broad SMARTS) is 1. The maximum Gasteiger partial charge on any atom is 0.306 e. The van der Waals surface area contributed by atoms with Crippen molar-refractivity contribution >= 4 is 17.6 Å². The van der Waals surface area contributed by atoms with E-state index < -0.39 is 5.97 Å². The number of benzene rings is 1. The van der Waals surface area contributed by atoms with Crippen LogP contribution < -0.4 is 5.73 Å². The molecule has 0 aliphatic carbocycles. The lowest BCUT2D eigenvalue weighted by molar-refractivity contribution is -0.143. The van der Waals surface area contributed by atoms with Gasteiger partial charge >= 0.3 is 5.97 Å². The molecule has 19 heavy (non-hydrogen) atoms. The summed E-state index contributed by atoms with van der Waals surface area (Å²) in [6.07, 6.45) is 1.03. The molecule has 1 heterocycles. The highest BCUT2D eigenvalue weighted by molar-refractivity contribution is 5.97. The highest BCUT2D eigenvalue weighted by atomic mass is 16.4. The van der Waals surface area contributed by atoms with Crippen LogP contribution >= 0.6 is 0 Å². The summed E-state index contributed by atoms with van der Waals surface area (Å²) in [5, 5.41) is 8.94. The van der Waals surface area contributed by atoms with Crippen LogP contribution in [0.3, 0.4) is 0 Å². The minimum Gasteiger partial charge on any atom is -0.481 e. The number of aliphatic carboxylic acids is 1. The first-order valence-corrected chi connectivity index (χ1v) is 6.38. The Bertz CT molecular complexity index is 505. The van der Waals surface area contributed by atoms with Gasteiger partial charge in [0.25, 0.3) is 5.91 Å². The lowest BCUT2D eigenvalue weighted by atomic mass is 9.96. The van der Waals surface area contributed by atoms with E-state index in [9.17, 15) is 9.59 Å². The number of carbonyl (C=O) groups is 2. The first kappa shape index (κ1) is 13.4. The van der Waals surface area contributed by atoms with E-state index in [-0.39, 0.29) is 11.8 Å². The number of piperidine rings is 1. The fraction of sp³-hybridized carbons (Fsp3) is 0.429. The maximum absolute atomic E-state index is 12.4. The summed E-state index contributed by atoms with van der Waals surface area (Å²) in [5.41, 5.74) is 7.79. The molecule has 1 aromatic carbocycles. The number of hydrogen-bond donors (Lipinski definition) is 2. The summed E-state index contributed by atoms with van der Waals surface area (Å²) in [4.78, 5) is 25.0. The van der Waals surface area contributed by atoms with E-state index in [0.717, 1.165) is 5.56 Å². The molecule has 0 unspecified atom stereocenters. The van der Waals surface area contributed by atoms with Crippen LogP contribution in [-0.2, 0) is 4.79 Å². The molecule has 5 nitrogen and oxygen atoms in total. The van der Waals surface area contributed by atoms with Crippen LogP contribution in [0.2, 0.25) is 0 Å². The summed E-state index contributed by atoms with van der Waals surface area (Å²) in [7, 11) is 0. The Morgan fingerprint density at radius 2 is 1.95 bits per heavy atom. The van der Waals surface area contributed by atoms with Gasteiger partial charge in [-0.1, -0.05) is 6.07 Å². The fourth-order valence-corrected chi connectivity index (χ4v) is 2.39. The normalized spacial score (nSPS) is 16.4. The Kier molecular flexibility index (Phi) is 3.74. The van der Waals surface area contributed by atoms with Crippen molar-refractivity contribution in [2.24, 2.45) is 5.92 Å². The molecule has 1 aliphatic heterocycles. The molecular formula is C14H18N2O3. The molecule has 0 bridgehead atoms. The summed E-state index contributed by atoms with van der Waals surface area (Å²) in [6.45, 7) is 2.81. The van der Waals surface area contributed by atoms with E-state index >= 15 is 0 Å². The number of anilines is 1. The Labute approximate surface area is 112 Å². The number of carbonyl (C=O) groups excluding carboxylic acids is 1. The van der Waals surface area contributed by atoms with Crippen molar-refractivity contribution < 1.29 is 14.7 Å². The van der Waals surface area contributed by atoms with Crippen molar-refractivity contribution in [3.05, 3.63) is 29.3 Å². The quantitative estimate of drug-likeness (QED) is 0.791. The van der Waals surface area contributed by atoms with Gasteiger partial charge in [0.15, 0.2) is 0 Å². The molecule has 5 heteroatoms. The van der Waals surface area contributed by atoms with Gasteiger partial charge < -0.3 is 15.7 Å². The second-order valence-corrected chi connectivity index (χ2v) is 4.92. The van der Waals surface area contributed by atoms with E-state index in [0.29, 0.717) is 37.2 Å². The van der Waals surface area contributed by atoms with Gasteiger partial charge in [-0.25, -0.2) is 0 Å². The number of likely N-dealkylation sites (tertiary alicyclic amines) is 1. The molecule has 1 saturated heterocycles. The molecule has 0 radical (unpaired) electrons. The third-order valence-electron chi connectivity index (χ3n) is 3.74. The Hall–Kier alpha value is -2.04. The lowest BCUT2D eigenvalue weighted by Gasteiger charge is -2.30. The SMILES string of the molecule is Cc1c(N)cccc1C(=O)N1CCC(C(=O)O)CC1. The summed E-state index contributed by atoms with van der Waals surface area (Å²) < 4.78 is 0. The van der Waals surface area contributed by atoms with Crippen LogP contribution in [0.4, 0.5) is 5.69 Å². The third-order valence-corrected chi connectivity index (χ3v) is 3.74. The largest absolute Gasteiger partial charge is 0.481 e. The van der Waals surface area contributed by atoms with Gasteiger partial charge in [0.1, 0.15) is 0 Å². The molecule has 0 aromatic heterocycles. The van der Waals surface area contributed by atoms with E-state index in [2.05, 4.69) is 0 Å². The van der Waals surface area contributed by atoms with Gasteiger partial charge in [-0.15, -0.1) is 0 Å². The van der Waals surface area contributed by atoms with Crippen LogP contribution in [0, 0.1) is 12.8 Å². The number of nitrogens with zero attached hydrogens (tertiary/aromatic N) is 1. The lowest BCUT2D eigenvalue weighted by Crippen LogP contribution is -2.40. The molecule has 0 saturated carbocycles. The van der Waals surface area contributed by atoms with Crippen molar-refractivity contribution in [2.45, 2.75) is 19.8 Å². The topological polar surface area (TPSA) is 83.6 Å². The highest BCUT2D eigenvalue weighted by Crippen LogP contribution is 2.22. The first-order valence-electron chi connectivity index (χ1n) is 6.38. The third kappa shape index (κ3) is 2.70. The number of rotatable bonds is 2. The summed E-state index contributed by atoms with van der Waals surface area (Å²) in [5.74, 6) is -1.16. The van der Waals surface area contributed by atoms with Gasteiger partial charge in [0, 0.05) is 24.3 Å². The standard InChI is InChI=1S/C14H18N2O3/c1-9-11(3-2-4-12(9)15)13(17)16-7-5-10(6-8-16)14(18)19/h2-4,10H,5-8,15H2,1H3,(H,18,19). The smallest absolute Gasteiger partial charge is 0.306 e. The monoisotopic (exact) mass is 262 g/mol. The molecule has 0 atom stereocenters. The highest BCUT2D eigenvalue weighted by Gasteiger charge is 2.28. The molecule has 3 N–H and O–H groups in total. The number of hydrogen-bond acceptors (Lipinski definition) is 3. The number of nitrogens with two attached hydrogens (primary N) is 1. The predicted octanol–water partition coefficient (Wildman–Crippen LogP) is 1.51. The van der Waals surface area contributed by atoms with Crippen molar-refractivity contribution in [1.82, 2.24) is 4.90 Å². The van der Waals surface area contributed by atoms with Crippen molar-refractivity contribution in [2.75, 3.05) is 18.8 Å². The molecule has 1 aliphatic rings. The second-order valence-electron chi connectivity index (χ2n) is 4.92. The fourth-order valence-electron chi connectivity index (χ4n) is 2.39. The Balaban J connectivity index is 2.09. The molecule has 1 fully saturated rings. The summed E-state index contributed by atoms with van der Waals surface area (Å²) >= 11 is 0. The summed E-state index contributed by atoms with van der Waals surface area (Å²) in [6, 6.07) is 5.29. The molecule has 1 amide bonds. The number of amides is 1. The maximum atomic E-state index is 12.4. The van der Waals surface area contributed by atoms with Gasteiger partial charge in [-0.3, -0.25) is 9.59 Å². The minimum absolute atomic E-state index is 0.0614. The van der Waals surface area contributed by atoms with Gasteiger partial charge in [0.2, 0.25) is 0 Å². The van der Waals surface area contributed by atoms with E-state index in [1.54, 1.807) is 23.1 Å². The van der Waals surface area contributed by atoms with Crippen LogP contribution in [0.5, 0.6) is 0 Å². The van der Waals surface area contributed by atoms with Crippen LogP contribution in [0.15, 0.2) is 18.2 Å². The zero-order valence-electron chi connectivity index (χ0n) is 10.9. The van der Waals surface area contributed by atoms with Crippen molar-refractivity contribution in [1.29, 1.82) is 0 Å². The van der Waals surface area contributed by atoms with E-state index in [1.807, 2.05) is 6.92 Å². The van der Waals surface area contributed by atoms with E-state index in [4.69, 9.17) is 10.8 Å². The van der Waals surface area contributed by atoms with Crippen molar-refractivity contribution in [3.63, 3.8) is 0 Å². The zero-order chi connectivity index (χ0) is 14.0. The average molecular weight is 262 g/mol. The molecular weight excluding hydrogens is 244 g/mol. The number of carboxylic acids is 1. The minimum atomic E-state index is -0.771. The Morgan fingerprint density at radius 3 is 2.53 bits per heavy atom. The Morgan fingerprint density at radius 1 is 1.32 bits per heavy atom. The van der Waals surface area contributed by atoms with Crippen molar-refractivity contribution in [3.8, 4) is 0 Å². The molecule has 0 spiro atoms. The van der Waals surface area contributed by atoms with E-state index in [1.165, 1.54) is 0 Å². The number of nitrogen functional groups attached to an aromatic ring is 1. The first-order chi connectivity index (χ1) is 9.00. The van der Waals surface area contributed by atoms with Gasteiger partial charge in [0.05, 0.1) is 5.92 Å². The predicted molar refractivity (Wildman–Crippen MR) is 71.9 cm³/mol. The average Bonchev–Trinajstić information content (AvgIpc) is 2.41. The zero-order valence-corrected chi connectivity index (χ0v) is 10.9.